The van der Waals surface area contributed by atoms with Gasteiger partial charge in [0, 0.05) is 12.4 Å². The largest absolute Gasteiger partial charge is 0.360 e. The molecule has 2 heterocycles. The Labute approximate surface area is 120 Å². The highest BCUT2D eigenvalue weighted by Crippen LogP contribution is 2.22. The minimum Gasteiger partial charge on any atom is -0.360 e. The fourth-order valence-electron chi connectivity index (χ4n) is 3.01. The number of hydrogen-bond acceptors (Lipinski definition) is 1. The van der Waals surface area contributed by atoms with Gasteiger partial charge in [-0.25, -0.2) is 0 Å². The molecule has 0 aromatic carbocycles. The highest BCUT2D eigenvalue weighted by Gasteiger charge is 2.10. The van der Waals surface area contributed by atoms with Crippen LogP contribution in [-0.4, -0.2) is 22.2 Å². The van der Waals surface area contributed by atoms with Crippen LogP contribution in [0.4, 0.5) is 0 Å². The van der Waals surface area contributed by atoms with Gasteiger partial charge in [0.1, 0.15) is 0 Å². The third kappa shape index (κ3) is 3.03. The van der Waals surface area contributed by atoms with E-state index < -0.39 is 0 Å². The van der Waals surface area contributed by atoms with Crippen LogP contribution >= 0.6 is 0 Å². The minimum atomic E-state index is 0.523. The summed E-state index contributed by atoms with van der Waals surface area (Å²) in [7, 11) is 0. The number of aliphatic imine (C=N–C) groups is 1. The molecule has 0 aliphatic heterocycles. The van der Waals surface area contributed by atoms with Gasteiger partial charge in [-0.3, -0.25) is 4.99 Å². The molecule has 1 fully saturated rings. The molecule has 2 aromatic heterocycles. The van der Waals surface area contributed by atoms with Crippen LogP contribution in [0.15, 0.2) is 29.4 Å². The van der Waals surface area contributed by atoms with Crippen LogP contribution in [0.5, 0.6) is 0 Å². The zero-order chi connectivity index (χ0) is 13.8. The number of aromatic amines is 2. The summed E-state index contributed by atoms with van der Waals surface area (Å²) in [6.45, 7) is 2.13. The van der Waals surface area contributed by atoms with Crippen molar-refractivity contribution in [2.24, 2.45) is 4.99 Å². The maximum Gasteiger partial charge on any atom is 0.0654 e. The monoisotopic (exact) mass is 269 g/mol. The quantitative estimate of drug-likeness (QED) is 0.610. The maximum atomic E-state index is 4.78. The van der Waals surface area contributed by atoms with Gasteiger partial charge in [0.05, 0.1) is 23.1 Å². The molecular weight excluding hydrogens is 246 g/mol. The Bertz CT molecular complexity index is 555. The number of aromatic nitrogens is 2. The number of rotatable bonds is 3. The van der Waals surface area contributed by atoms with Crippen molar-refractivity contribution in [1.82, 2.24) is 9.97 Å². The van der Waals surface area contributed by atoms with Crippen LogP contribution < -0.4 is 0 Å². The SMILES string of the molecule is Cc1cc(C=NC2CCCCCC2)[nH]c1-c1ccc[nH]1. The van der Waals surface area contributed by atoms with Crippen LogP contribution in [0, 0.1) is 6.92 Å². The number of hydrogen-bond donors (Lipinski definition) is 2. The molecule has 1 aliphatic carbocycles. The molecule has 3 heteroatoms. The third-order valence-corrected chi connectivity index (χ3v) is 4.15. The van der Waals surface area contributed by atoms with Gasteiger partial charge in [-0.2, -0.15) is 0 Å². The second kappa shape index (κ2) is 6.12. The fraction of sp³-hybridized carbons (Fsp3) is 0.471. The molecule has 0 amide bonds. The van der Waals surface area contributed by atoms with Crippen molar-refractivity contribution in [3.63, 3.8) is 0 Å². The van der Waals surface area contributed by atoms with Crippen LogP contribution in [-0.2, 0) is 0 Å². The van der Waals surface area contributed by atoms with Crippen molar-refractivity contribution in [3.05, 3.63) is 35.7 Å². The minimum absolute atomic E-state index is 0.523. The predicted octanol–water partition coefficient (Wildman–Crippen LogP) is 4.46. The van der Waals surface area contributed by atoms with Gasteiger partial charge in [-0.1, -0.05) is 25.7 Å². The number of H-pyrrole nitrogens is 2. The van der Waals surface area contributed by atoms with Crippen LogP contribution in [0.25, 0.3) is 11.4 Å². The molecule has 106 valence electrons. The molecule has 3 rings (SSSR count). The first-order chi connectivity index (χ1) is 9.83. The molecule has 0 spiro atoms. The molecule has 0 saturated heterocycles. The topological polar surface area (TPSA) is 43.9 Å². The summed E-state index contributed by atoms with van der Waals surface area (Å²) in [5.74, 6) is 0. The van der Waals surface area contributed by atoms with Crippen LogP contribution in [0.3, 0.4) is 0 Å². The predicted molar refractivity (Wildman–Crippen MR) is 84.4 cm³/mol. The van der Waals surface area contributed by atoms with Gasteiger partial charge in [-0.15, -0.1) is 0 Å². The fourth-order valence-corrected chi connectivity index (χ4v) is 3.01. The Hall–Kier alpha value is -1.77. The third-order valence-electron chi connectivity index (χ3n) is 4.15. The number of nitrogens with zero attached hydrogens (tertiary/aromatic N) is 1. The van der Waals surface area contributed by atoms with Gasteiger partial charge >= 0.3 is 0 Å². The zero-order valence-corrected chi connectivity index (χ0v) is 12.2. The van der Waals surface area contributed by atoms with Gasteiger partial charge in [-0.05, 0) is 43.5 Å². The molecule has 0 bridgehead atoms. The van der Waals surface area contributed by atoms with Crippen molar-refractivity contribution in [2.45, 2.75) is 51.5 Å². The Morgan fingerprint density at radius 2 is 2.00 bits per heavy atom. The Morgan fingerprint density at radius 3 is 2.70 bits per heavy atom. The van der Waals surface area contributed by atoms with E-state index in [4.69, 9.17) is 4.99 Å². The lowest BCUT2D eigenvalue weighted by Gasteiger charge is -2.06. The van der Waals surface area contributed by atoms with Gasteiger partial charge < -0.3 is 9.97 Å². The normalized spacial score (nSPS) is 17.6. The first-order valence-electron chi connectivity index (χ1n) is 7.69. The Kier molecular flexibility index (Phi) is 4.05. The Morgan fingerprint density at radius 1 is 1.20 bits per heavy atom. The second-order valence-corrected chi connectivity index (χ2v) is 5.79. The van der Waals surface area contributed by atoms with Gasteiger partial charge in [0.2, 0.25) is 0 Å². The summed E-state index contributed by atoms with van der Waals surface area (Å²) in [6, 6.07) is 6.81. The summed E-state index contributed by atoms with van der Waals surface area (Å²) in [5, 5.41) is 0. The van der Waals surface area contributed by atoms with E-state index >= 15 is 0 Å². The molecule has 3 nitrogen and oxygen atoms in total. The average Bonchev–Trinajstić information content (AvgIpc) is 3.00. The lowest BCUT2D eigenvalue weighted by molar-refractivity contribution is 0.588. The average molecular weight is 269 g/mol. The molecule has 0 unspecified atom stereocenters. The van der Waals surface area contributed by atoms with Crippen molar-refractivity contribution in [3.8, 4) is 11.4 Å². The van der Waals surface area contributed by atoms with Crippen molar-refractivity contribution in [1.29, 1.82) is 0 Å². The first-order valence-corrected chi connectivity index (χ1v) is 7.69. The van der Waals surface area contributed by atoms with Crippen LogP contribution in [0.1, 0.15) is 49.8 Å². The lowest BCUT2D eigenvalue weighted by atomic mass is 10.1. The molecular formula is C17H23N3. The first kappa shape index (κ1) is 13.2. The lowest BCUT2D eigenvalue weighted by Crippen LogP contribution is -2.02. The van der Waals surface area contributed by atoms with Crippen molar-refractivity contribution >= 4 is 6.21 Å². The zero-order valence-electron chi connectivity index (χ0n) is 12.2. The second-order valence-electron chi connectivity index (χ2n) is 5.79. The van der Waals surface area contributed by atoms with E-state index in [1.165, 1.54) is 44.1 Å². The molecule has 0 radical (unpaired) electrons. The van der Waals surface area contributed by atoms with E-state index in [1.54, 1.807) is 0 Å². The summed E-state index contributed by atoms with van der Waals surface area (Å²) in [6.07, 6.45) is 11.9. The smallest absolute Gasteiger partial charge is 0.0654 e. The maximum absolute atomic E-state index is 4.78. The molecule has 1 aliphatic rings. The summed E-state index contributed by atoms with van der Waals surface area (Å²) >= 11 is 0. The number of nitrogens with one attached hydrogen (secondary N) is 2. The van der Waals surface area contributed by atoms with E-state index in [-0.39, 0.29) is 0 Å². The Balaban J connectivity index is 1.73. The highest BCUT2D eigenvalue weighted by molar-refractivity contribution is 5.80. The van der Waals surface area contributed by atoms with Gasteiger partial charge in [0.15, 0.2) is 0 Å². The van der Waals surface area contributed by atoms with E-state index in [2.05, 4.69) is 29.0 Å². The van der Waals surface area contributed by atoms with Crippen LogP contribution in [0.2, 0.25) is 0 Å². The summed E-state index contributed by atoms with van der Waals surface area (Å²) in [5.41, 5.74) is 4.67. The van der Waals surface area contributed by atoms with Crippen molar-refractivity contribution in [2.75, 3.05) is 0 Å². The summed E-state index contributed by atoms with van der Waals surface area (Å²) in [4.78, 5) is 11.5. The van der Waals surface area contributed by atoms with Gasteiger partial charge in [0.25, 0.3) is 0 Å². The molecule has 2 N–H and O–H groups in total. The molecule has 1 saturated carbocycles. The summed E-state index contributed by atoms with van der Waals surface area (Å²) < 4.78 is 0. The standard InChI is InChI=1S/C17H23N3/c1-13-11-15(20-17(13)16-9-6-10-18-16)12-19-14-7-4-2-3-5-8-14/h6,9-12,14,18,20H,2-5,7-8H2,1H3. The van der Waals surface area contributed by atoms with E-state index in [0.29, 0.717) is 6.04 Å². The molecule has 2 aromatic rings. The molecule has 0 atom stereocenters. The van der Waals surface area contributed by atoms with E-state index in [0.717, 1.165) is 17.1 Å². The van der Waals surface area contributed by atoms with E-state index in [9.17, 15) is 0 Å². The van der Waals surface area contributed by atoms with E-state index in [1.807, 2.05) is 18.5 Å². The van der Waals surface area contributed by atoms with Crippen molar-refractivity contribution < 1.29 is 0 Å². The number of aryl methyl sites for hydroxylation is 1. The molecule has 20 heavy (non-hydrogen) atoms. The highest BCUT2D eigenvalue weighted by atomic mass is 14.8.